The van der Waals surface area contributed by atoms with Gasteiger partial charge in [0.15, 0.2) is 0 Å². The number of halogens is 3. The number of aromatic nitrogens is 3. The highest BCUT2D eigenvalue weighted by Crippen LogP contribution is 2.23. The van der Waals surface area contributed by atoms with Crippen LogP contribution in [0.2, 0.25) is 10.0 Å². The fourth-order valence-electron chi connectivity index (χ4n) is 2.46. The highest BCUT2D eigenvalue weighted by molar-refractivity contribution is 6.42. The molecule has 0 aliphatic heterocycles. The zero-order valence-corrected chi connectivity index (χ0v) is 15.6. The Morgan fingerprint density at radius 2 is 1.85 bits per heavy atom. The molecule has 5 nitrogen and oxygen atoms in total. The molecule has 3 aromatic rings. The van der Waals surface area contributed by atoms with Crippen LogP contribution in [0.1, 0.15) is 22.0 Å². The Bertz CT molecular complexity index is 956. The van der Waals surface area contributed by atoms with Crippen molar-refractivity contribution in [2.45, 2.75) is 13.5 Å². The van der Waals surface area contributed by atoms with Crippen molar-refractivity contribution < 1.29 is 9.18 Å². The van der Waals surface area contributed by atoms with Crippen molar-refractivity contribution in [3.8, 4) is 5.69 Å². The lowest BCUT2D eigenvalue weighted by Crippen LogP contribution is -2.27. The number of hydrogen-bond acceptors (Lipinski definition) is 3. The maximum atomic E-state index is 13.1. The normalized spacial score (nSPS) is 10.8. The van der Waals surface area contributed by atoms with Gasteiger partial charge in [0.25, 0.3) is 5.91 Å². The molecule has 0 aliphatic rings. The van der Waals surface area contributed by atoms with E-state index in [2.05, 4.69) is 10.1 Å². The molecule has 0 atom stereocenters. The first-order valence-corrected chi connectivity index (χ1v) is 8.50. The molecule has 0 saturated carbocycles. The predicted octanol–water partition coefficient (Wildman–Crippen LogP) is 4.29. The minimum Gasteiger partial charge on any atom is -0.335 e. The van der Waals surface area contributed by atoms with Crippen molar-refractivity contribution in [2.75, 3.05) is 7.05 Å². The number of rotatable bonds is 4. The van der Waals surface area contributed by atoms with Crippen molar-refractivity contribution >= 4 is 29.1 Å². The second-order valence-electron chi connectivity index (χ2n) is 5.78. The molecule has 0 fully saturated rings. The van der Waals surface area contributed by atoms with Gasteiger partial charge in [0.2, 0.25) is 5.82 Å². The summed E-state index contributed by atoms with van der Waals surface area (Å²) in [6.45, 7) is 2.06. The Morgan fingerprint density at radius 1 is 1.15 bits per heavy atom. The SMILES string of the molecule is Cc1nc(C(=O)N(C)Cc2ccc(Cl)c(Cl)c2)nn1-c1ccc(F)cc1. The van der Waals surface area contributed by atoms with Crippen molar-refractivity contribution in [3.05, 3.63) is 75.5 Å². The maximum absolute atomic E-state index is 13.1. The van der Waals surface area contributed by atoms with Gasteiger partial charge in [-0.3, -0.25) is 4.79 Å². The Labute approximate surface area is 160 Å². The van der Waals surface area contributed by atoms with Crippen LogP contribution in [0.15, 0.2) is 42.5 Å². The minimum atomic E-state index is -0.343. The van der Waals surface area contributed by atoms with Gasteiger partial charge in [-0.25, -0.2) is 14.1 Å². The zero-order valence-electron chi connectivity index (χ0n) is 14.1. The molecule has 0 N–H and O–H groups in total. The summed E-state index contributed by atoms with van der Waals surface area (Å²) < 4.78 is 14.6. The number of nitrogens with zero attached hydrogens (tertiary/aromatic N) is 4. The quantitative estimate of drug-likeness (QED) is 0.665. The van der Waals surface area contributed by atoms with Crippen LogP contribution in [0.3, 0.4) is 0 Å². The Kier molecular flexibility index (Phi) is 5.25. The highest BCUT2D eigenvalue weighted by Gasteiger charge is 2.19. The fourth-order valence-corrected chi connectivity index (χ4v) is 2.78. The molecule has 1 amide bonds. The van der Waals surface area contributed by atoms with E-state index in [1.807, 2.05) is 0 Å². The van der Waals surface area contributed by atoms with Crippen LogP contribution in [0, 0.1) is 12.7 Å². The number of aryl methyl sites for hydroxylation is 1. The van der Waals surface area contributed by atoms with Gasteiger partial charge in [-0.1, -0.05) is 29.3 Å². The molecule has 0 saturated heterocycles. The van der Waals surface area contributed by atoms with E-state index in [0.717, 1.165) is 5.56 Å². The van der Waals surface area contributed by atoms with Gasteiger partial charge >= 0.3 is 0 Å². The summed E-state index contributed by atoms with van der Waals surface area (Å²) in [6, 6.07) is 11.0. The Balaban J connectivity index is 1.80. The summed E-state index contributed by atoms with van der Waals surface area (Å²) in [6.07, 6.45) is 0. The first-order valence-electron chi connectivity index (χ1n) is 7.74. The van der Waals surface area contributed by atoms with Gasteiger partial charge in [0, 0.05) is 13.6 Å². The van der Waals surface area contributed by atoms with E-state index >= 15 is 0 Å². The smallest absolute Gasteiger partial charge is 0.293 e. The largest absolute Gasteiger partial charge is 0.335 e. The Morgan fingerprint density at radius 3 is 2.50 bits per heavy atom. The van der Waals surface area contributed by atoms with Crippen LogP contribution in [0.5, 0.6) is 0 Å². The number of amides is 1. The molecular formula is C18H15Cl2FN4O. The van der Waals surface area contributed by atoms with Crippen LogP contribution < -0.4 is 0 Å². The second kappa shape index (κ2) is 7.43. The third-order valence-corrected chi connectivity index (χ3v) is 4.52. The molecule has 0 unspecified atom stereocenters. The van der Waals surface area contributed by atoms with Crippen LogP contribution in [0.25, 0.3) is 5.69 Å². The minimum absolute atomic E-state index is 0.0642. The first kappa shape index (κ1) is 18.4. The Hall–Kier alpha value is -2.44. The highest BCUT2D eigenvalue weighted by atomic mass is 35.5. The van der Waals surface area contributed by atoms with E-state index in [1.165, 1.54) is 21.7 Å². The van der Waals surface area contributed by atoms with E-state index in [9.17, 15) is 9.18 Å². The standard InChI is InChI=1S/C18H15Cl2FN4O/c1-11-22-17(23-25(11)14-6-4-13(21)5-7-14)18(26)24(2)10-12-3-8-15(19)16(20)9-12/h3-9H,10H2,1-2H3. The monoisotopic (exact) mass is 392 g/mol. The van der Waals surface area contributed by atoms with Gasteiger partial charge in [-0.15, -0.1) is 5.10 Å². The van der Waals surface area contributed by atoms with Crippen molar-refractivity contribution in [1.29, 1.82) is 0 Å². The average Bonchev–Trinajstić information content (AvgIpc) is 3.00. The molecule has 0 radical (unpaired) electrons. The number of carbonyl (C=O) groups excluding carboxylic acids is 1. The summed E-state index contributed by atoms with van der Waals surface area (Å²) in [5.74, 6) is -0.0820. The van der Waals surface area contributed by atoms with Gasteiger partial charge in [0.1, 0.15) is 11.6 Å². The summed E-state index contributed by atoms with van der Waals surface area (Å²) in [4.78, 5) is 18.3. The first-order chi connectivity index (χ1) is 12.3. The van der Waals surface area contributed by atoms with Crippen molar-refractivity contribution in [2.24, 2.45) is 0 Å². The van der Waals surface area contributed by atoms with E-state index in [-0.39, 0.29) is 17.5 Å². The number of carbonyl (C=O) groups is 1. The predicted molar refractivity (Wildman–Crippen MR) is 98.3 cm³/mol. The van der Waals surface area contributed by atoms with Gasteiger partial charge in [-0.05, 0) is 48.9 Å². The number of hydrogen-bond donors (Lipinski definition) is 0. The molecule has 0 spiro atoms. The van der Waals surface area contributed by atoms with E-state index in [4.69, 9.17) is 23.2 Å². The summed E-state index contributed by atoms with van der Waals surface area (Å²) in [7, 11) is 1.65. The van der Waals surface area contributed by atoms with Crippen LogP contribution in [-0.4, -0.2) is 32.6 Å². The second-order valence-corrected chi connectivity index (χ2v) is 6.59. The summed E-state index contributed by atoms with van der Waals surface area (Å²) in [5, 5.41) is 5.14. The van der Waals surface area contributed by atoms with Crippen LogP contribution in [0.4, 0.5) is 4.39 Å². The van der Waals surface area contributed by atoms with Crippen molar-refractivity contribution in [1.82, 2.24) is 19.7 Å². The van der Waals surface area contributed by atoms with Gasteiger partial charge in [0.05, 0.1) is 15.7 Å². The molecule has 0 aliphatic carbocycles. The summed E-state index contributed by atoms with van der Waals surface area (Å²) in [5.41, 5.74) is 1.47. The van der Waals surface area contributed by atoms with Gasteiger partial charge < -0.3 is 4.90 Å². The molecule has 26 heavy (non-hydrogen) atoms. The van der Waals surface area contributed by atoms with Crippen LogP contribution in [-0.2, 0) is 6.54 Å². The number of benzene rings is 2. The topological polar surface area (TPSA) is 51.0 Å². The summed E-state index contributed by atoms with van der Waals surface area (Å²) >= 11 is 11.9. The van der Waals surface area contributed by atoms with Gasteiger partial charge in [-0.2, -0.15) is 0 Å². The molecule has 3 rings (SSSR count). The van der Waals surface area contributed by atoms with E-state index < -0.39 is 0 Å². The molecule has 8 heteroatoms. The molecular weight excluding hydrogens is 378 g/mol. The third-order valence-electron chi connectivity index (χ3n) is 3.78. The molecule has 2 aromatic carbocycles. The molecule has 1 aromatic heterocycles. The lowest BCUT2D eigenvalue weighted by atomic mass is 10.2. The third kappa shape index (κ3) is 3.86. The molecule has 1 heterocycles. The van der Waals surface area contributed by atoms with Crippen LogP contribution >= 0.6 is 23.2 Å². The van der Waals surface area contributed by atoms with E-state index in [1.54, 1.807) is 44.3 Å². The fraction of sp³-hybridized carbons (Fsp3) is 0.167. The molecule has 0 bridgehead atoms. The molecule has 134 valence electrons. The lowest BCUT2D eigenvalue weighted by Gasteiger charge is -2.15. The van der Waals surface area contributed by atoms with E-state index in [0.29, 0.717) is 28.1 Å². The zero-order chi connectivity index (χ0) is 18.8. The maximum Gasteiger partial charge on any atom is 0.293 e. The van der Waals surface area contributed by atoms with Crippen molar-refractivity contribution in [3.63, 3.8) is 0 Å². The lowest BCUT2D eigenvalue weighted by molar-refractivity contribution is 0.0773. The average molecular weight is 393 g/mol.